The Bertz CT molecular complexity index is 1110. The Morgan fingerprint density at radius 1 is 0.941 bits per heavy atom. The summed E-state index contributed by atoms with van der Waals surface area (Å²) >= 11 is 0. The Hall–Kier alpha value is -3.44. The molecule has 0 saturated carbocycles. The molecule has 1 fully saturated rings. The number of anilines is 1. The van der Waals surface area contributed by atoms with Gasteiger partial charge in [0.05, 0.1) is 17.3 Å². The SMILES string of the molecule is C[C@@H]1CCCN(Cc2ccc(C(=O)Nc3ccccc3C(=O)N[C@H](C)c3ccccc3)cc2)C1. The zero-order chi connectivity index (χ0) is 23.9. The zero-order valence-electron chi connectivity index (χ0n) is 20.0. The molecule has 5 nitrogen and oxygen atoms in total. The van der Waals surface area contributed by atoms with E-state index >= 15 is 0 Å². The Morgan fingerprint density at radius 3 is 2.38 bits per heavy atom. The van der Waals surface area contributed by atoms with Crippen LogP contribution in [-0.4, -0.2) is 29.8 Å². The van der Waals surface area contributed by atoms with Crippen molar-refractivity contribution in [3.05, 3.63) is 101 Å². The average Bonchev–Trinajstić information content (AvgIpc) is 2.85. The Morgan fingerprint density at radius 2 is 1.65 bits per heavy atom. The lowest BCUT2D eigenvalue weighted by molar-refractivity contribution is 0.0940. The predicted octanol–water partition coefficient (Wildman–Crippen LogP) is 5.66. The van der Waals surface area contributed by atoms with Gasteiger partial charge in [-0.25, -0.2) is 0 Å². The van der Waals surface area contributed by atoms with E-state index in [0.717, 1.165) is 31.1 Å². The van der Waals surface area contributed by atoms with Crippen molar-refractivity contribution < 1.29 is 9.59 Å². The number of carbonyl (C=O) groups is 2. The molecule has 34 heavy (non-hydrogen) atoms. The Labute approximate surface area is 202 Å². The van der Waals surface area contributed by atoms with Crippen molar-refractivity contribution >= 4 is 17.5 Å². The fourth-order valence-corrected chi connectivity index (χ4v) is 4.53. The van der Waals surface area contributed by atoms with Crippen LogP contribution in [0.25, 0.3) is 0 Å². The quantitative estimate of drug-likeness (QED) is 0.483. The fraction of sp³-hybridized carbons (Fsp3) is 0.310. The Balaban J connectivity index is 1.40. The van der Waals surface area contributed by atoms with E-state index in [9.17, 15) is 9.59 Å². The number of para-hydroxylation sites is 1. The molecular weight excluding hydrogens is 422 g/mol. The van der Waals surface area contributed by atoms with E-state index in [-0.39, 0.29) is 17.9 Å². The molecule has 1 saturated heterocycles. The molecule has 0 spiro atoms. The largest absolute Gasteiger partial charge is 0.345 e. The van der Waals surface area contributed by atoms with Crippen molar-refractivity contribution in [3.8, 4) is 0 Å². The average molecular weight is 456 g/mol. The van der Waals surface area contributed by atoms with Gasteiger partial charge in [0.2, 0.25) is 0 Å². The first-order chi connectivity index (χ1) is 16.5. The first-order valence-corrected chi connectivity index (χ1v) is 12.1. The smallest absolute Gasteiger partial charge is 0.255 e. The second kappa shape index (κ2) is 11.1. The molecule has 0 aromatic heterocycles. The molecular formula is C29H33N3O2. The number of nitrogens with zero attached hydrogens (tertiary/aromatic N) is 1. The number of benzene rings is 3. The molecule has 2 amide bonds. The molecule has 5 heteroatoms. The van der Waals surface area contributed by atoms with Gasteiger partial charge in [0.1, 0.15) is 0 Å². The summed E-state index contributed by atoms with van der Waals surface area (Å²) in [6, 6.07) is 24.5. The number of rotatable bonds is 7. The number of amides is 2. The van der Waals surface area contributed by atoms with Gasteiger partial charge in [-0.05, 0) is 67.6 Å². The monoisotopic (exact) mass is 455 g/mol. The van der Waals surface area contributed by atoms with Gasteiger partial charge in [-0.3, -0.25) is 14.5 Å². The summed E-state index contributed by atoms with van der Waals surface area (Å²) in [5.41, 5.74) is 3.74. The third-order valence-corrected chi connectivity index (χ3v) is 6.43. The van der Waals surface area contributed by atoms with Crippen LogP contribution in [0.3, 0.4) is 0 Å². The van der Waals surface area contributed by atoms with Gasteiger partial charge in [0.15, 0.2) is 0 Å². The maximum atomic E-state index is 13.0. The van der Waals surface area contributed by atoms with Crippen LogP contribution in [0.1, 0.15) is 64.6 Å². The molecule has 176 valence electrons. The molecule has 2 N–H and O–H groups in total. The van der Waals surface area contributed by atoms with E-state index in [0.29, 0.717) is 16.8 Å². The topological polar surface area (TPSA) is 61.4 Å². The van der Waals surface area contributed by atoms with Gasteiger partial charge in [-0.15, -0.1) is 0 Å². The molecule has 0 bridgehead atoms. The van der Waals surface area contributed by atoms with Crippen molar-refractivity contribution in [2.24, 2.45) is 5.92 Å². The summed E-state index contributed by atoms with van der Waals surface area (Å²) in [5, 5.41) is 5.94. The zero-order valence-corrected chi connectivity index (χ0v) is 20.0. The molecule has 0 radical (unpaired) electrons. The molecule has 3 aromatic carbocycles. The highest BCUT2D eigenvalue weighted by Crippen LogP contribution is 2.20. The summed E-state index contributed by atoms with van der Waals surface area (Å²) in [4.78, 5) is 28.4. The second-order valence-corrected chi connectivity index (χ2v) is 9.28. The number of carbonyl (C=O) groups excluding carboxylic acids is 2. The van der Waals surface area contributed by atoms with E-state index < -0.39 is 0 Å². The fourth-order valence-electron chi connectivity index (χ4n) is 4.53. The molecule has 1 aliphatic heterocycles. The van der Waals surface area contributed by atoms with Gasteiger partial charge in [0, 0.05) is 18.7 Å². The standard InChI is InChI=1S/C29H33N3O2/c1-21-9-8-18-32(19-21)20-23-14-16-25(17-15-23)28(33)31-27-13-7-6-12-26(27)29(34)30-22(2)24-10-4-3-5-11-24/h3-7,10-17,21-22H,8-9,18-20H2,1-2H3,(H,30,34)(H,31,33)/t21-,22-/m1/s1. The van der Waals surface area contributed by atoms with Gasteiger partial charge in [-0.1, -0.05) is 61.5 Å². The molecule has 0 unspecified atom stereocenters. The van der Waals surface area contributed by atoms with Crippen LogP contribution in [0, 0.1) is 5.92 Å². The van der Waals surface area contributed by atoms with E-state index in [1.54, 1.807) is 18.2 Å². The minimum absolute atomic E-state index is 0.145. The minimum Gasteiger partial charge on any atom is -0.345 e. The van der Waals surface area contributed by atoms with E-state index in [1.165, 1.54) is 18.4 Å². The number of hydrogen-bond donors (Lipinski definition) is 2. The summed E-state index contributed by atoms with van der Waals surface area (Å²) in [7, 11) is 0. The highest BCUT2D eigenvalue weighted by atomic mass is 16.2. The molecule has 4 rings (SSSR count). The third-order valence-electron chi connectivity index (χ3n) is 6.43. The summed E-state index contributed by atoms with van der Waals surface area (Å²) < 4.78 is 0. The van der Waals surface area contributed by atoms with Crippen LogP contribution in [0.4, 0.5) is 5.69 Å². The second-order valence-electron chi connectivity index (χ2n) is 9.28. The van der Waals surface area contributed by atoms with Crippen molar-refractivity contribution in [1.29, 1.82) is 0 Å². The maximum Gasteiger partial charge on any atom is 0.255 e. The highest BCUT2D eigenvalue weighted by Gasteiger charge is 2.18. The summed E-state index contributed by atoms with van der Waals surface area (Å²) in [6.45, 7) is 7.42. The summed E-state index contributed by atoms with van der Waals surface area (Å²) in [6.07, 6.45) is 2.55. The van der Waals surface area contributed by atoms with Crippen LogP contribution in [0.15, 0.2) is 78.9 Å². The number of hydrogen-bond acceptors (Lipinski definition) is 3. The molecule has 2 atom stereocenters. The molecule has 1 heterocycles. The van der Waals surface area contributed by atoms with Crippen LogP contribution in [0.5, 0.6) is 0 Å². The van der Waals surface area contributed by atoms with Crippen LogP contribution < -0.4 is 10.6 Å². The number of nitrogens with one attached hydrogen (secondary N) is 2. The van der Waals surface area contributed by atoms with Crippen LogP contribution in [0.2, 0.25) is 0 Å². The normalized spacial score (nSPS) is 17.1. The lowest BCUT2D eigenvalue weighted by Gasteiger charge is -2.30. The van der Waals surface area contributed by atoms with Gasteiger partial charge in [-0.2, -0.15) is 0 Å². The number of likely N-dealkylation sites (tertiary alicyclic amines) is 1. The van der Waals surface area contributed by atoms with Gasteiger partial charge in [0.25, 0.3) is 11.8 Å². The first kappa shape index (κ1) is 23.7. The first-order valence-electron chi connectivity index (χ1n) is 12.1. The number of piperidine rings is 1. The maximum absolute atomic E-state index is 13.0. The van der Waals surface area contributed by atoms with Crippen molar-refractivity contribution in [3.63, 3.8) is 0 Å². The third kappa shape index (κ3) is 6.12. The molecule has 0 aliphatic carbocycles. The van der Waals surface area contributed by atoms with E-state index in [2.05, 4.69) is 22.5 Å². The van der Waals surface area contributed by atoms with Crippen LogP contribution >= 0.6 is 0 Å². The van der Waals surface area contributed by atoms with Gasteiger partial charge >= 0.3 is 0 Å². The summed E-state index contributed by atoms with van der Waals surface area (Å²) in [5.74, 6) is 0.291. The molecule has 1 aliphatic rings. The lowest BCUT2D eigenvalue weighted by atomic mass is 9.99. The van der Waals surface area contributed by atoms with E-state index in [1.807, 2.05) is 67.6 Å². The van der Waals surface area contributed by atoms with Crippen molar-refractivity contribution in [1.82, 2.24) is 10.2 Å². The van der Waals surface area contributed by atoms with Crippen molar-refractivity contribution in [2.45, 2.75) is 39.3 Å². The van der Waals surface area contributed by atoms with Crippen molar-refractivity contribution in [2.75, 3.05) is 18.4 Å². The lowest BCUT2D eigenvalue weighted by Crippen LogP contribution is -2.33. The van der Waals surface area contributed by atoms with E-state index in [4.69, 9.17) is 0 Å². The Kier molecular flexibility index (Phi) is 7.76. The van der Waals surface area contributed by atoms with Gasteiger partial charge < -0.3 is 10.6 Å². The van der Waals surface area contributed by atoms with Crippen LogP contribution in [-0.2, 0) is 6.54 Å². The highest BCUT2D eigenvalue weighted by molar-refractivity contribution is 6.09. The molecule has 3 aromatic rings. The minimum atomic E-state index is -0.227. The predicted molar refractivity (Wildman–Crippen MR) is 137 cm³/mol.